The van der Waals surface area contributed by atoms with Crippen molar-refractivity contribution in [3.05, 3.63) is 92.8 Å². The van der Waals surface area contributed by atoms with Crippen LogP contribution >= 0.6 is 11.3 Å². The number of aryl methyl sites for hydroxylation is 1. The van der Waals surface area contributed by atoms with Gasteiger partial charge in [0.25, 0.3) is 5.91 Å². The maximum atomic E-state index is 13.3. The maximum Gasteiger partial charge on any atom is 0.297 e. The van der Waals surface area contributed by atoms with Crippen molar-refractivity contribution in [3.8, 4) is 0 Å². The molecule has 0 aliphatic carbocycles. The number of carbonyl (C=O) groups excluding carboxylic acids is 1. The molecule has 6 heteroatoms. The monoisotopic (exact) mass is 388 g/mol. The third kappa shape index (κ3) is 2.42. The number of aromatic nitrogens is 1. The molecule has 0 radical (unpaired) electrons. The van der Waals surface area contributed by atoms with E-state index in [0.29, 0.717) is 21.7 Å². The van der Waals surface area contributed by atoms with Gasteiger partial charge in [-0.15, -0.1) is 11.3 Å². The minimum Gasteiger partial charge on any atom is -0.450 e. The standard InChI is InChI=1S/C22H16N2O3S/c1-2-13-7-9-14(10-8-13)18-17-19(25)15-5-3-4-6-16(15)27-20(17)21(26)24(18)22-23-11-12-28-22/h3-12,18H,2H2,1H3/t18-/m1/s1. The van der Waals surface area contributed by atoms with Crippen LogP contribution in [0.1, 0.15) is 40.2 Å². The molecular formula is C22H16N2O3S. The van der Waals surface area contributed by atoms with Gasteiger partial charge in [0.2, 0.25) is 5.76 Å². The van der Waals surface area contributed by atoms with Gasteiger partial charge in [-0.1, -0.05) is 43.3 Å². The number of thiazole rings is 1. The van der Waals surface area contributed by atoms with Crippen molar-refractivity contribution < 1.29 is 9.21 Å². The van der Waals surface area contributed by atoms with Crippen molar-refractivity contribution in [2.45, 2.75) is 19.4 Å². The van der Waals surface area contributed by atoms with Crippen LogP contribution in [0.3, 0.4) is 0 Å². The van der Waals surface area contributed by atoms with Crippen molar-refractivity contribution in [1.29, 1.82) is 0 Å². The summed E-state index contributed by atoms with van der Waals surface area (Å²) < 4.78 is 5.91. The van der Waals surface area contributed by atoms with Crippen LogP contribution in [0.4, 0.5) is 5.13 Å². The van der Waals surface area contributed by atoms with E-state index in [0.717, 1.165) is 12.0 Å². The summed E-state index contributed by atoms with van der Waals surface area (Å²) in [5, 5.41) is 2.84. The number of benzene rings is 2. The average molecular weight is 388 g/mol. The topological polar surface area (TPSA) is 63.4 Å². The van der Waals surface area contributed by atoms with E-state index in [1.807, 2.05) is 29.6 Å². The summed E-state index contributed by atoms with van der Waals surface area (Å²) in [5.74, 6) is -0.235. The molecule has 1 amide bonds. The highest BCUT2D eigenvalue weighted by molar-refractivity contribution is 7.13. The number of amides is 1. The highest BCUT2D eigenvalue weighted by Crippen LogP contribution is 2.41. The number of fused-ring (bicyclic) bond motifs is 2. The molecule has 0 spiro atoms. The Morgan fingerprint density at radius 2 is 1.89 bits per heavy atom. The second kappa shape index (κ2) is 6.42. The summed E-state index contributed by atoms with van der Waals surface area (Å²) in [6.07, 6.45) is 2.57. The molecular weight excluding hydrogens is 372 g/mol. The summed E-state index contributed by atoms with van der Waals surface area (Å²) in [4.78, 5) is 32.5. The lowest BCUT2D eigenvalue weighted by molar-refractivity contribution is 0.0971. The lowest BCUT2D eigenvalue weighted by atomic mass is 9.97. The maximum absolute atomic E-state index is 13.3. The minimum absolute atomic E-state index is 0.100. The summed E-state index contributed by atoms with van der Waals surface area (Å²) in [5.41, 5.74) is 2.68. The molecule has 0 saturated heterocycles. The number of hydrogen-bond acceptors (Lipinski definition) is 5. The third-order valence-corrected chi connectivity index (χ3v) is 5.88. The smallest absolute Gasteiger partial charge is 0.297 e. The molecule has 2 aromatic carbocycles. The molecule has 0 saturated carbocycles. The van der Waals surface area contributed by atoms with Gasteiger partial charge in [0, 0.05) is 11.6 Å². The molecule has 5 nitrogen and oxygen atoms in total. The molecule has 3 heterocycles. The Kier molecular flexibility index (Phi) is 3.87. The van der Waals surface area contributed by atoms with E-state index in [1.165, 1.54) is 16.9 Å². The van der Waals surface area contributed by atoms with E-state index in [-0.39, 0.29) is 17.1 Å². The van der Waals surface area contributed by atoms with Gasteiger partial charge in [-0.2, -0.15) is 0 Å². The zero-order chi connectivity index (χ0) is 19.3. The highest BCUT2D eigenvalue weighted by Gasteiger charge is 2.44. The van der Waals surface area contributed by atoms with E-state index in [9.17, 15) is 9.59 Å². The average Bonchev–Trinajstić information content (AvgIpc) is 3.35. The lowest BCUT2D eigenvalue weighted by Crippen LogP contribution is -2.29. The van der Waals surface area contributed by atoms with Gasteiger partial charge in [-0.25, -0.2) is 4.98 Å². The molecule has 1 aliphatic rings. The fourth-order valence-electron chi connectivity index (χ4n) is 3.70. The van der Waals surface area contributed by atoms with Gasteiger partial charge in [-0.3, -0.25) is 14.5 Å². The zero-order valence-corrected chi connectivity index (χ0v) is 15.9. The normalized spacial score (nSPS) is 16.0. The van der Waals surface area contributed by atoms with Crippen molar-refractivity contribution in [2.24, 2.45) is 0 Å². The molecule has 2 aromatic heterocycles. The van der Waals surface area contributed by atoms with Gasteiger partial charge in [0.1, 0.15) is 5.58 Å². The van der Waals surface area contributed by atoms with Crippen LogP contribution in [0.5, 0.6) is 0 Å². The van der Waals surface area contributed by atoms with Crippen molar-refractivity contribution in [3.63, 3.8) is 0 Å². The molecule has 0 N–H and O–H groups in total. The van der Waals surface area contributed by atoms with Gasteiger partial charge in [0.15, 0.2) is 10.6 Å². The van der Waals surface area contributed by atoms with Crippen molar-refractivity contribution in [2.75, 3.05) is 4.90 Å². The summed E-state index contributed by atoms with van der Waals surface area (Å²) in [7, 11) is 0. The van der Waals surface area contributed by atoms with Crippen molar-refractivity contribution in [1.82, 2.24) is 4.98 Å². The molecule has 1 aliphatic heterocycles. The van der Waals surface area contributed by atoms with Crippen LogP contribution in [0.25, 0.3) is 11.0 Å². The molecule has 138 valence electrons. The van der Waals surface area contributed by atoms with Gasteiger partial charge >= 0.3 is 0 Å². The first-order valence-corrected chi connectivity index (χ1v) is 9.94. The predicted octanol–water partition coefficient (Wildman–Crippen LogP) is 4.56. The van der Waals surface area contributed by atoms with E-state index < -0.39 is 6.04 Å². The van der Waals surface area contributed by atoms with Crippen LogP contribution < -0.4 is 10.3 Å². The summed E-state index contributed by atoms with van der Waals surface area (Å²) in [6.45, 7) is 2.09. The predicted molar refractivity (Wildman–Crippen MR) is 109 cm³/mol. The summed E-state index contributed by atoms with van der Waals surface area (Å²) in [6, 6.07) is 14.5. The highest BCUT2D eigenvalue weighted by atomic mass is 32.1. The quantitative estimate of drug-likeness (QED) is 0.516. The first kappa shape index (κ1) is 16.9. The van der Waals surface area contributed by atoms with Crippen LogP contribution in [0.2, 0.25) is 0 Å². The molecule has 0 unspecified atom stereocenters. The molecule has 28 heavy (non-hydrogen) atoms. The fourth-order valence-corrected chi connectivity index (χ4v) is 4.37. The molecule has 1 atom stereocenters. The SMILES string of the molecule is CCc1ccc([C@@H]2c3c(oc4ccccc4c3=O)C(=O)N2c2nccs2)cc1. The van der Waals surface area contributed by atoms with Crippen LogP contribution in [0.15, 0.2) is 69.3 Å². The van der Waals surface area contributed by atoms with Crippen LogP contribution in [-0.4, -0.2) is 10.9 Å². The Morgan fingerprint density at radius 3 is 2.61 bits per heavy atom. The Balaban J connectivity index is 1.80. The molecule has 0 bridgehead atoms. The molecule has 5 rings (SSSR count). The van der Waals surface area contributed by atoms with E-state index in [4.69, 9.17) is 4.42 Å². The Labute approximate surface area is 164 Å². The molecule has 4 aromatic rings. The number of para-hydroxylation sites is 1. The van der Waals surface area contributed by atoms with Crippen molar-refractivity contribution >= 4 is 33.3 Å². The summed E-state index contributed by atoms with van der Waals surface area (Å²) >= 11 is 1.36. The van der Waals surface area contributed by atoms with Gasteiger partial charge in [0.05, 0.1) is 17.0 Å². The lowest BCUT2D eigenvalue weighted by Gasteiger charge is -2.22. The van der Waals surface area contributed by atoms with Crippen LogP contribution in [0, 0.1) is 0 Å². The Morgan fingerprint density at radius 1 is 1.11 bits per heavy atom. The van der Waals surface area contributed by atoms with Gasteiger partial charge in [-0.05, 0) is 29.7 Å². The number of carbonyl (C=O) groups is 1. The molecule has 0 fully saturated rings. The zero-order valence-electron chi connectivity index (χ0n) is 15.1. The first-order chi connectivity index (χ1) is 13.7. The second-order valence-corrected chi connectivity index (χ2v) is 7.53. The van der Waals surface area contributed by atoms with E-state index >= 15 is 0 Å². The van der Waals surface area contributed by atoms with E-state index in [2.05, 4.69) is 11.9 Å². The Bertz CT molecular complexity index is 1240. The van der Waals surface area contributed by atoms with Gasteiger partial charge < -0.3 is 4.42 Å². The van der Waals surface area contributed by atoms with Crippen LogP contribution in [-0.2, 0) is 6.42 Å². The number of rotatable bonds is 3. The third-order valence-electron chi connectivity index (χ3n) is 5.11. The first-order valence-electron chi connectivity index (χ1n) is 9.06. The fraction of sp³-hybridized carbons (Fsp3) is 0.136. The minimum atomic E-state index is -0.555. The second-order valence-electron chi connectivity index (χ2n) is 6.66. The number of hydrogen-bond donors (Lipinski definition) is 0. The largest absolute Gasteiger partial charge is 0.450 e. The number of anilines is 1. The Hall–Kier alpha value is -3.25. The number of nitrogens with zero attached hydrogens (tertiary/aromatic N) is 2. The van der Waals surface area contributed by atoms with E-state index in [1.54, 1.807) is 35.4 Å².